The van der Waals surface area contributed by atoms with Gasteiger partial charge in [0.2, 0.25) is 5.95 Å². The molecule has 6 nitrogen and oxygen atoms in total. The van der Waals surface area contributed by atoms with Crippen molar-refractivity contribution in [3.63, 3.8) is 0 Å². The number of ether oxygens (including phenoxy) is 1. The van der Waals surface area contributed by atoms with Gasteiger partial charge in [0, 0.05) is 38.4 Å². The van der Waals surface area contributed by atoms with E-state index in [0.717, 1.165) is 68.8 Å². The molecule has 0 radical (unpaired) electrons. The summed E-state index contributed by atoms with van der Waals surface area (Å²) in [5, 5.41) is 3.50. The molecule has 1 aliphatic rings. The number of rotatable bonds is 7. The van der Waals surface area contributed by atoms with E-state index in [2.05, 4.69) is 58.3 Å². The summed E-state index contributed by atoms with van der Waals surface area (Å²) >= 11 is 0. The monoisotopic (exact) mass is 355 g/mol. The molecule has 0 unspecified atom stereocenters. The van der Waals surface area contributed by atoms with Crippen LogP contribution in [0.15, 0.2) is 30.3 Å². The van der Waals surface area contributed by atoms with E-state index in [-0.39, 0.29) is 0 Å². The van der Waals surface area contributed by atoms with Gasteiger partial charge in [-0.15, -0.1) is 0 Å². The number of unbranched alkanes of at least 4 members (excludes halogenated alkanes) is 1. The first kappa shape index (κ1) is 18.5. The van der Waals surface area contributed by atoms with Gasteiger partial charge in [-0.25, -0.2) is 4.98 Å². The van der Waals surface area contributed by atoms with Gasteiger partial charge in [0.25, 0.3) is 0 Å². The van der Waals surface area contributed by atoms with Crippen LogP contribution in [0.4, 0.5) is 23.1 Å². The summed E-state index contributed by atoms with van der Waals surface area (Å²) < 4.78 is 5.48. The van der Waals surface area contributed by atoms with Crippen molar-refractivity contribution in [2.24, 2.45) is 0 Å². The lowest BCUT2D eigenvalue weighted by atomic mass is 10.2. The molecule has 1 aliphatic heterocycles. The van der Waals surface area contributed by atoms with Crippen LogP contribution in [0.5, 0.6) is 0 Å². The van der Waals surface area contributed by atoms with Crippen LogP contribution in [0.3, 0.4) is 0 Å². The Labute approximate surface area is 156 Å². The lowest BCUT2D eigenvalue weighted by Gasteiger charge is -2.30. The van der Waals surface area contributed by atoms with Gasteiger partial charge in [0.15, 0.2) is 0 Å². The number of para-hydroxylation sites is 2. The molecule has 1 aromatic carbocycles. The van der Waals surface area contributed by atoms with E-state index < -0.39 is 0 Å². The quantitative estimate of drug-likeness (QED) is 0.819. The number of aromatic nitrogens is 2. The fraction of sp³-hybridized carbons (Fsp3) is 0.500. The van der Waals surface area contributed by atoms with Crippen LogP contribution >= 0.6 is 0 Å². The van der Waals surface area contributed by atoms with Crippen LogP contribution in [0.25, 0.3) is 0 Å². The van der Waals surface area contributed by atoms with E-state index in [0.29, 0.717) is 0 Å². The third-order valence-electron chi connectivity index (χ3n) is 4.55. The predicted octanol–water partition coefficient (Wildman–Crippen LogP) is 3.60. The average Bonchev–Trinajstić information content (AvgIpc) is 2.67. The van der Waals surface area contributed by atoms with Crippen molar-refractivity contribution in [2.45, 2.75) is 26.7 Å². The van der Waals surface area contributed by atoms with Crippen molar-refractivity contribution in [3.8, 4) is 0 Å². The molecule has 140 valence electrons. The average molecular weight is 355 g/mol. The second-order valence-electron chi connectivity index (χ2n) is 6.71. The fourth-order valence-corrected chi connectivity index (χ4v) is 3.08. The second kappa shape index (κ2) is 8.85. The Kier molecular flexibility index (Phi) is 6.28. The molecule has 0 spiro atoms. The molecule has 2 aromatic rings. The molecule has 0 bridgehead atoms. The maximum absolute atomic E-state index is 5.48. The van der Waals surface area contributed by atoms with E-state index in [1.54, 1.807) is 0 Å². The lowest BCUT2D eigenvalue weighted by Crippen LogP contribution is -2.36. The number of hydrogen-bond donors (Lipinski definition) is 1. The van der Waals surface area contributed by atoms with E-state index in [1.165, 1.54) is 5.69 Å². The van der Waals surface area contributed by atoms with Gasteiger partial charge < -0.3 is 19.9 Å². The van der Waals surface area contributed by atoms with Crippen LogP contribution in [-0.4, -0.2) is 49.9 Å². The third-order valence-corrected chi connectivity index (χ3v) is 4.55. The normalized spacial score (nSPS) is 14.3. The largest absolute Gasteiger partial charge is 0.378 e. The second-order valence-corrected chi connectivity index (χ2v) is 6.71. The molecule has 3 rings (SSSR count). The van der Waals surface area contributed by atoms with Crippen molar-refractivity contribution < 1.29 is 4.74 Å². The molecule has 6 heteroatoms. The maximum Gasteiger partial charge on any atom is 0.227 e. The number of nitrogens with zero attached hydrogens (tertiary/aromatic N) is 4. The van der Waals surface area contributed by atoms with E-state index in [1.807, 2.05) is 13.0 Å². The molecule has 1 saturated heterocycles. The minimum absolute atomic E-state index is 0.768. The minimum Gasteiger partial charge on any atom is -0.378 e. The molecule has 0 atom stereocenters. The van der Waals surface area contributed by atoms with Crippen LogP contribution in [-0.2, 0) is 4.74 Å². The molecular weight excluding hydrogens is 326 g/mol. The van der Waals surface area contributed by atoms with Gasteiger partial charge in [-0.3, -0.25) is 0 Å². The summed E-state index contributed by atoms with van der Waals surface area (Å²) in [4.78, 5) is 13.8. The predicted molar refractivity (Wildman–Crippen MR) is 108 cm³/mol. The van der Waals surface area contributed by atoms with Gasteiger partial charge >= 0.3 is 0 Å². The SMILES string of the molecule is CCCCN(C)c1nc(C)cc(Nc2ccccc2N2CCOCC2)n1. The molecule has 0 aliphatic carbocycles. The molecule has 26 heavy (non-hydrogen) atoms. The summed E-state index contributed by atoms with van der Waals surface area (Å²) in [5.41, 5.74) is 3.22. The molecule has 0 saturated carbocycles. The van der Waals surface area contributed by atoms with Gasteiger partial charge in [-0.1, -0.05) is 25.5 Å². The van der Waals surface area contributed by atoms with Gasteiger partial charge in [-0.2, -0.15) is 4.98 Å². The Morgan fingerprint density at radius 3 is 2.73 bits per heavy atom. The van der Waals surface area contributed by atoms with Crippen LogP contribution in [0.1, 0.15) is 25.5 Å². The zero-order valence-corrected chi connectivity index (χ0v) is 16.0. The standard InChI is InChI=1S/C20H29N5O/c1-4-5-10-24(3)20-21-16(2)15-19(23-20)22-17-8-6-7-9-18(17)25-11-13-26-14-12-25/h6-9,15H,4-5,10-14H2,1-3H3,(H,21,22,23). The van der Waals surface area contributed by atoms with Crippen molar-refractivity contribution in [1.29, 1.82) is 0 Å². The number of aryl methyl sites for hydroxylation is 1. The van der Waals surface area contributed by atoms with Crippen LogP contribution in [0.2, 0.25) is 0 Å². The Morgan fingerprint density at radius 1 is 1.19 bits per heavy atom. The molecule has 1 N–H and O–H groups in total. The van der Waals surface area contributed by atoms with Crippen molar-refractivity contribution in [1.82, 2.24) is 9.97 Å². The summed E-state index contributed by atoms with van der Waals surface area (Å²) in [5.74, 6) is 1.60. The van der Waals surface area contributed by atoms with Crippen molar-refractivity contribution in [3.05, 3.63) is 36.0 Å². The van der Waals surface area contributed by atoms with Crippen LogP contribution in [0, 0.1) is 6.92 Å². The van der Waals surface area contributed by atoms with E-state index >= 15 is 0 Å². The first-order valence-electron chi connectivity index (χ1n) is 9.43. The first-order chi connectivity index (χ1) is 12.7. The van der Waals surface area contributed by atoms with Crippen molar-refractivity contribution >= 4 is 23.1 Å². The van der Waals surface area contributed by atoms with Gasteiger partial charge in [0.05, 0.1) is 24.6 Å². The highest BCUT2D eigenvalue weighted by Crippen LogP contribution is 2.29. The van der Waals surface area contributed by atoms with Gasteiger partial charge in [0.1, 0.15) is 5.82 Å². The number of hydrogen-bond acceptors (Lipinski definition) is 6. The smallest absolute Gasteiger partial charge is 0.227 e. The van der Waals surface area contributed by atoms with E-state index in [4.69, 9.17) is 9.72 Å². The number of anilines is 4. The fourth-order valence-electron chi connectivity index (χ4n) is 3.08. The maximum atomic E-state index is 5.48. The number of benzene rings is 1. The Morgan fingerprint density at radius 2 is 1.96 bits per heavy atom. The highest BCUT2D eigenvalue weighted by Gasteiger charge is 2.15. The van der Waals surface area contributed by atoms with E-state index in [9.17, 15) is 0 Å². The topological polar surface area (TPSA) is 53.5 Å². The lowest BCUT2D eigenvalue weighted by molar-refractivity contribution is 0.123. The highest BCUT2D eigenvalue weighted by molar-refractivity contribution is 5.74. The van der Waals surface area contributed by atoms with Crippen molar-refractivity contribution in [2.75, 3.05) is 55.0 Å². The summed E-state index contributed by atoms with van der Waals surface area (Å²) in [6.45, 7) is 8.53. The molecule has 2 heterocycles. The molecule has 1 aromatic heterocycles. The Bertz CT molecular complexity index is 715. The minimum atomic E-state index is 0.768. The Balaban J connectivity index is 1.81. The molecule has 1 fully saturated rings. The first-order valence-corrected chi connectivity index (χ1v) is 9.43. The third kappa shape index (κ3) is 4.64. The highest BCUT2D eigenvalue weighted by atomic mass is 16.5. The summed E-state index contributed by atoms with van der Waals surface area (Å²) in [6, 6.07) is 10.4. The summed E-state index contributed by atoms with van der Waals surface area (Å²) in [6.07, 6.45) is 2.30. The zero-order chi connectivity index (χ0) is 18.4. The van der Waals surface area contributed by atoms with Gasteiger partial charge in [-0.05, 0) is 25.5 Å². The van der Waals surface area contributed by atoms with Crippen LogP contribution < -0.4 is 15.1 Å². The summed E-state index contributed by atoms with van der Waals surface area (Å²) in [7, 11) is 2.05. The molecular formula is C20H29N5O. The Hall–Kier alpha value is -2.34. The zero-order valence-electron chi connectivity index (χ0n) is 16.0. The number of morpholine rings is 1. The number of nitrogens with one attached hydrogen (secondary N) is 1. The molecule has 0 amide bonds.